The van der Waals surface area contributed by atoms with Gasteiger partial charge in [0.05, 0.1) is 5.56 Å². The third-order valence-corrected chi connectivity index (χ3v) is 4.14. The quantitative estimate of drug-likeness (QED) is 0.591. The molecule has 0 amide bonds. The molecule has 23 heavy (non-hydrogen) atoms. The topological polar surface area (TPSA) is 39.2 Å². The molecule has 0 radical (unpaired) electrons. The van der Waals surface area contributed by atoms with E-state index in [9.17, 15) is 4.79 Å². The van der Waals surface area contributed by atoms with Gasteiger partial charge in [-0.05, 0) is 60.3 Å². The van der Waals surface area contributed by atoms with Crippen LogP contribution in [0, 0.1) is 0 Å². The van der Waals surface area contributed by atoms with Crippen LogP contribution in [0.2, 0.25) is 5.02 Å². The Labute approximate surface area is 143 Å². The maximum absolute atomic E-state index is 12.5. The van der Waals surface area contributed by atoms with Gasteiger partial charge in [-0.3, -0.25) is 4.79 Å². The molecule has 0 aliphatic heterocycles. The highest BCUT2D eigenvalue weighted by Crippen LogP contribution is 2.29. The minimum absolute atomic E-state index is 0.133. The molecule has 5 heteroatoms. The number of hydrogen-bond acceptors (Lipinski definition) is 4. The van der Waals surface area contributed by atoms with Crippen molar-refractivity contribution in [3.8, 4) is 11.6 Å². The summed E-state index contributed by atoms with van der Waals surface area (Å²) in [6.07, 6.45) is 1.60. The number of benzene rings is 2. The Morgan fingerprint density at radius 1 is 0.957 bits per heavy atom. The highest BCUT2D eigenvalue weighted by molar-refractivity contribution is 8.14. The number of carbonyl (C=O) groups excluding carboxylic acids is 1. The van der Waals surface area contributed by atoms with E-state index < -0.39 is 0 Å². The summed E-state index contributed by atoms with van der Waals surface area (Å²) in [5, 5.41) is 0.502. The van der Waals surface area contributed by atoms with Crippen LogP contribution in [0.3, 0.4) is 0 Å². The van der Waals surface area contributed by atoms with Crippen molar-refractivity contribution in [2.24, 2.45) is 0 Å². The number of rotatable bonds is 4. The molecule has 3 rings (SSSR count). The highest BCUT2D eigenvalue weighted by Gasteiger charge is 2.15. The third-order valence-electron chi connectivity index (χ3n) is 2.97. The van der Waals surface area contributed by atoms with Gasteiger partial charge in [-0.25, -0.2) is 4.98 Å². The molecule has 1 heterocycles. The Morgan fingerprint density at radius 2 is 1.70 bits per heavy atom. The molecule has 3 aromatic rings. The normalized spacial score (nSPS) is 10.3. The molecule has 2 aromatic carbocycles. The number of ether oxygens (including phenoxy) is 1. The van der Waals surface area contributed by atoms with Crippen LogP contribution in [0.25, 0.3) is 0 Å². The summed E-state index contributed by atoms with van der Waals surface area (Å²) >= 11 is 6.97. The second-order valence-electron chi connectivity index (χ2n) is 4.61. The van der Waals surface area contributed by atoms with Crippen LogP contribution in [0.15, 0.2) is 77.8 Å². The van der Waals surface area contributed by atoms with Crippen LogP contribution < -0.4 is 4.74 Å². The average Bonchev–Trinajstić information content (AvgIpc) is 2.58. The number of nitrogens with zero attached hydrogens (tertiary/aromatic N) is 1. The maximum Gasteiger partial charge on any atom is 0.231 e. The van der Waals surface area contributed by atoms with Crippen LogP contribution in [-0.4, -0.2) is 10.1 Å². The number of carbonyl (C=O) groups is 1. The second-order valence-corrected chi connectivity index (χ2v) is 6.10. The summed E-state index contributed by atoms with van der Waals surface area (Å²) < 4.78 is 5.72. The van der Waals surface area contributed by atoms with Crippen LogP contribution in [0.1, 0.15) is 10.4 Å². The van der Waals surface area contributed by atoms with E-state index in [-0.39, 0.29) is 5.12 Å². The van der Waals surface area contributed by atoms with Crippen molar-refractivity contribution < 1.29 is 9.53 Å². The fourth-order valence-corrected chi connectivity index (χ4v) is 2.77. The number of aromatic nitrogens is 1. The first-order valence-electron chi connectivity index (χ1n) is 6.88. The smallest absolute Gasteiger partial charge is 0.231 e. The Hall–Kier alpha value is -2.30. The van der Waals surface area contributed by atoms with Crippen molar-refractivity contribution in [1.82, 2.24) is 4.98 Å². The van der Waals surface area contributed by atoms with Crippen molar-refractivity contribution in [3.63, 3.8) is 0 Å². The van der Waals surface area contributed by atoms with Gasteiger partial charge in [0.1, 0.15) is 5.75 Å². The molecule has 0 aliphatic rings. The van der Waals surface area contributed by atoms with Crippen LogP contribution in [0.5, 0.6) is 11.6 Å². The van der Waals surface area contributed by atoms with E-state index in [0.29, 0.717) is 22.2 Å². The lowest BCUT2D eigenvalue weighted by molar-refractivity contribution is 0.108. The summed E-state index contributed by atoms with van der Waals surface area (Å²) in [4.78, 5) is 17.5. The molecule has 0 aliphatic carbocycles. The first-order valence-corrected chi connectivity index (χ1v) is 8.07. The number of halogens is 1. The molecule has 0 unspecified atom stereocenters. The molecule has 0 atom stereocenters. The van der Waals surface area contributed by atoms with Crippen molar-refractivity contribution >= 4 is 28.5 Å². The van der Waals surface area contributed by atoms with E-state index in [4.69, 9.17) is 16.3 Å². The zero-order valence-electron chi connectivity index (χ0n) is 12.0. The number of para-hydroxylation sites is 1. The molecule has 0 saturated heterocycles. The van der Waals surface area contributed by atoms with Crippen LogP contribution in [0.4, 0.5) is 0 Å². The fourth-order valence-electron chi connectivity index (χ4n) is 1.89. The summed E-state index contributed by atoms with van der Waals surface area (Å²) in [5.41, 5.74) is 0.427. The maximum atomic E-state index is 12.5. The Bertz CT molecular complexity index is 807. The summed E-state index contributed by atoms with van der Waals surface area (Å²) in [7, 11) is 0. The lowest BCUT2D eigenvalue weighted by Crippen LogP contribution is -1.99. The van der Waals surface area contributed by atoms with E-state index in [1.165, 1.54) is 0 Å². The monoisotopic (exact) mass is 341 g/mol. The molecule has 3 nitrogen and oxygen atoms in total. The highest BCUT2D eigenvalue weighted by atomic mass is 35.5. The standard InChI is InChI=1S/C18H12ClNO2S/c19-13-8-10-15(11-9-13)23-18(21)16-7-4-12-20-17(16)22-14-5-2-1-3-6-14/h1-12H. The van der Waals surface area contributed by atoms with Gasteiger partial charge in [0.15, 0.2) is 0 Å². The third kappa shape index (κ3) is 4.12. The Balaban J connectivity index is 1.82. The average molecular weight is 342 g/mol. The molecular weight excluding hydrogens is 330 g/mol. The van der Waals surface area contributed by atoms with Gasteiger partial charge >= 0.3 is 0 Å². The van der Waals surface area contributed by atoms with Crippen molar-refractivity contribution in [2.45, 2.75) is 4.90 Å². The lowest BCUT2D eigenvalue weighted by Gasteiger charge is -2.08. The van der Waals surface area contributed by atoms with E-state index in [2.05, 4.69) is 4.98 Å². The van der Waals surface area contributed by atoms with E-state index >= 15 is 0 Å². The fraction of sp³-hybridized carbons (Fsp3) is 0. The largest absolute Gasteiger partial charge is 0.438 e. The molecule has 114 valence electrons. The molecule has 0 bridgehead atoms. The summed E-state index contributed by atoms with van der Waals surface area (Å²) in [6, 6.07) is 19.8. The van der Waals surface area contributed by atoms with Gasteiger partial charge in [0.2, 0.25) is 11.0 Å². The molecular formula is C18H12ClNO2S. The first kappa shape index (κ1) is 15.6. The summed E-state index contributed by atoms with van der Waals surface area (Å²) in [6.45, 7) is 0. The van der Waals surface area contributed by atoms with Crippen molar-refractivity contribution in [1.29, 1.82) is 0 Å². The van der Waals surface area contributed by atoms with Gasteiger partial charge < -0.3 is 4.74 Å². The lowest BCUT2D eigenvalue weighted by atomic mass is 10.3. The predicted octanol–water partition coefficient (Wildman–Crippen LogP) is 5.46. The molecule has 0 fully saturated rings. The SMILES string of the molecule is O=C(Sc1ccc(Cl)cc1)c1cccnc1Oc1ccccc1. The molecule has 1 aromatic heterocycles. The second kappa shape index (κ2) is 7.31. The minimum Gasteiger partial charge on any atom is -0.438 e. The molecule has 0 N–H and O–H groups in total. The van der Waals surface area contributed by atoms with E-state index in [1.807, 2.05) is 30.3 Å². The Kier molecular flexibility index (Phi) is 4.95. The summed E-state index contributed by atoms with van der Waals surface area (Å²) in [5.74, 6) is 0.932. The van der Waals surface area contributed by atoms with Crippen molar-refractivity contribution in [2.75, 3.05) is 0 Å². The molecule has 0 spiro atoms. The van der Waals surface area contributed by atoms with Gasteiger partial charge in [-0.1, -0.05) is 29.8 Å². The zero-order valence-corrected chi connectivity index (χ0v) is 13.6. The van der Waals surface area contributed by atoms with Gasteiger partial charge in [-0.15, -0.1) is 0 Å². The first-order chi connectivity index (χ1) is 11.2. The number of thioether (sulfide) groups is 1. The van der Waals surface area contributed by atoms with Crippen molar-refractivity contribution in [3.05, 3.63) is 83.5 Å². The predicted molar refractivity (Wildman–Crippen MR) is 92.4 cm³/mol. The minimum atomic E-state index is -0.133. The Morgan fingerprint density at radius 3 is 2.43 bits per heavy atom. The van der Waals surface area contributed by atoms with Gasteiger partial charge in [0, 0.05) is 16.1 Å². The van der Waals surface area contributed by atoms with E-state index in [0.717, 1.165) is 16.7 Å². The number of hydrogen-bond donors (Lipinski definition) is 0. The molecule has 0 saturated carbocycles. The van der Waals surface area contributed by atoms with Crippen LogP contribution in [-0.2, 0) is 0 Å². The number of pyridine rings is 1. The van der Waals surface area contributed by atoms with Crippen LogP contribution >= 0.6 is 23.4 Å². The van der Waals surface area contributed by atoms with Gasteiger partial charge in [0.25, 0.3) is 0 Å². The zero-order chi connectivity index (χ0) is 16.1. The van der Waals surface area contributed by atoms with Gasteiger partial charge in [-0.2, -0.15) is 0 Å². The van der Waals surface area contributed by atoms with E-state index in [1.54, 1.807) is 42.6 Å².